The van der Waals surface area contributed by atoms with Crippen LogP contribution in [0.4, 0.5) is 0 Å². The molecule has 116 valence electrons. The van der Waals surface area contributed by atoms with Gasteiger partial charge >= 0.3 is 5.97 Å². The fourth-order valence-electron chi connectivity index (χ4n) is 3.09. The minimum Gasteiger partial charge on any atom is -0.496 e. The van der Waals surface area contributed by atoms with Crippen LogP contribution >= 0.6 is 0 Å². The summed E-state index contributed by atoms with van der Waals surface area (Å²) in [5.74, 6) is 1.61. The van der Waals surface area contributed by atoms with Gasteiger partial charge in [-0.2, -0.15) is 0 Å². The van der Waals surface area contributed by atoms with Gasteiger partial charge in [0.15, 0.2) is 0 Å². The van der Waals surface area contributed by atoms with E-state index in [0.29, 0.717) is 0 Å². The van der Waals surface area contributed by atoms with Gasteiger partial charge in [0.2, 0.25) is 0 Å². The number of fused-ring (bicyclic) bond motifs is 1. The lowest BCUT2D eigenvalue weighted by Crippen LogP contribution is -2.39. The smallest absolute Gasteiger partial charge is 0.309 e. The van der Waals surface area contributed by atoms with Crippen LogP contribution in [0, 0.1) is 20.8 Å². The van der Waals surface area contributed by atoms with Crippen LogP contribution in [0.3, 0.4) is 0 Å². The molecule has 0 bridgehead atoms. The lowest BCUT2D eigenvalue weighted by Gasteiger charge is -2.37. The summed E-state index contributed by atoms with van der Waals surface area (Å²) in [6.07, 6.45) is 1.94. The normalized spacial score (nSPS) is 20.5. The van der Waals surface area contributed by atoms with Gasteiger partial charge in [0.1, 0.15) is 17.1 Å². The number of benzene rings is 1. The maximum Gasteiger partial charge on any atom is 0.309 e. The zero-order chi connectivity index (χ0) is 15.8. The molecule has 1 aliphatic rings. The Balaban J connectivity index is 2.44. The molecule has 1 unspecified atom stereocenters. The van der Waals surface area contributed by atoms with Crippen molar-refractivity contribution in [2.75, 3.05) is 14.2 Å². The van der Waals surface area contributed by atoms with Gasteiger partial charge in [-0.25, -0.2) is 0 Å². The number of methoxy groups -OCH3 is 2. The van der Waals surface area contributed by atoms with Gasteiger partial charge in [-0.1, -0.05) is 0 Å². The van der Waals surface area contributed by atoms with E-state index in [-0.39, 0.29) is 12.4 Å². The van der Waals surface area contributed by atoms with Crippen molar-refractivity contribution in [1.29, 1.82) is 0 Å². The van der Waals surface area contributed by atoms with E-state index in [1.807, 2.05) is 20.8 Å². The van der Waals surface area contributed by atoms with Gasteiger partial charge in [0, 0.05) is 5.56 Å². The summed E-state index contributed by atoms with van der Waals surface area (Å²) in [7, 11) is 3.11. The highest BCUT2D eigenvalue weighted by Gasteiger charge is 2.36. The van der Waals surface area contributed by atoms with Crippen molar-refractivity contribution in [3.8, 4) is 11.5 Å². The topological polar surface area (TPSA) is 44.8 Å². The van der Waals surface area contributed by atoms with Crippen LogP contribution in [0.25, 0.3) is 0 Å². The van der Waals surface area contributed by atoms with Crippen molar-refractivity contribution >= 4 is 5.97 Å². The Morgan fingerprint density at radius 1 is 1.19 bits per heavy atom. The zero-order valence-corrected chi connectivity index (χ0v) is 13.8. The highest BCUT2D eigenvalue weighted by Crippen LogP contribution is 2.44. The number of hydrogen-bond donors (Lipinski definition) is 0. The Bertz CT molecular complexity index is 577. The predicted octanol–water partition coefficient (Wildman–Crippen LogP) is 3.27. The van der Waals surface area contributed by atoms with Crippen molar-refractivity contribution in [3.63, 3.8) is 0 Å². The van der Waals surface area contributed by atoms with E-state index in [9.17, 15) is 4.79 Å². The van der Waals surface area contributed by atoms with Crippen LogP contribution in [0.1, 0.15) is 42.0 Å². The molecule has 4 nitrogen and oxygen atoms in total. The summed E-state index contributed by atoms with van der Waals surface area (Å²) in [6, 6.07) is 0. The van der Waals surface area contributed by atoms with Crippen LogP contribution in [-0.4, -0.2) is 25.8 Å². The Hall–Kier alpha value is -1.71. The van der Waals surface area contributed by atoms with Crippen molar-refractivity contribution in [2.24, 2.45) is 0 Å². The highest BCUT2D eigenvalue weighted by molar-refractivity contribution is 5.71. The SMILES string of the molecule is COC(=O)CC1(C)CCc2c(C)c(OC)c(C)c(C)c2O1. The minimum atomic E-state index is -0.502. The largest absolute Gasteiger partial charge is 0.496 e. The average molecular weight is 292 g/mol. The Labute approximate surface area is 126 Å². The lowest BCUT2D eigenvalue weighted by atomic mass is 9.85. The van der Waals surface area contributed by atoms with Gasteiger partial charge in [-0.3, -0.25) is 4.79 Å². The molecule has 0 N–H and O–H groups in total. The quantitative estimate of drug-likeness (QED) is 0.802. The first-order chi connectivity index (χ1) is 9.83. The van der Waals surface area contributed by atoms with Crippen molar-refractivity contribution in [2.45, 2.75) is 52.6 Å². The van der Waals surface area contributed by atoms with E-state index < -0.39 is 5.60 Å². The van der Waals surface area contributed by atoms with E-state index in [1.54, 1.807) is 7.11 Å². The molecule has 2 rings (SSSR count). The van der Waals surface area contributed by atoms with E-state index in [2.05, 4.69) is 6.92 Å². The molecule has 0 aromatic heterocycles. The summed E-state index contributed by atoms with van der Waals surface area (Å²) in [5, 5.41) is 0. The van der Waals surface area contributed by atoms with Crippen LogP contribution in [-0.2, 0) is 16.0 Å². The second kappa shape index (κ2) is 5.58. The lowest BCUT2D eigenvalue weighted by molar-refractivity contribution is -0.145. The van der Waals surface area contributed by atoms with Crippen LogP contribution in [0.5, 0.6) is 11.5 Å². The van der Waals surface area contributed by atoms with Crippen LogP contribution < -0.4 is 9.47 Å². The summed E-state index contributed by atoms with van der Waals surface area (Å²) in [4.78, 5) is 11.6. The first-order valence-electron chi connectivity index (χ1n) is 7.25. The standard InChI is InChI=1S/C17H24O4/c1-10-11(2)16-13(12(3)15(10)20-6)7-8-17(4,21-16)9-14(18)19-5/h7-9H2,1-6H3. The van der Waals surface area contributed by atoms with E-state index in [0.717, 1.165) is 41.0 Å². The van der Waals surface area contributed by atoms with Gasteiger partial charge in [0.25, 0.3) is 0 Å². The van der Waals surface area contributed by atoms with E-state index in [1.165, 1.54) is 12.7 Å². The third-order valence-electron chi connectivity index (χ3n) is 4.51. The molecule has 1 aliphatic heterocycles. The second-order valence-electron chi connectivity index (χ2n) is 6.02. The molecule has 4 heteroatoms. The summed E-state index contributed by atoms with van der Waals surface area (Å²) in [6.45, 7) is 8.12. The molecule has 0 saturated heterocycles. The molecule has 1 heterocycles. The molecule has 0 fully saturated rings. The maximum absolute atomic E-state index is 11.6. The number of carbonyl (C=O) groups excluding carboxylic acids is 1. The van der Waals surface area contributed by atoms with Gasteiger partial charge in [-0.05, 0) is 57.2 Å². The van der Waals surface area contributed by atoms with Crippen molar-refractivity contribution in [1.82, 2.24) is 0 Å². The number of carbonyl (C=O) groups is 1. The molecular weight excluding hydrogens is 268 g/mol. The molecule has 21 heavy (non-hydrogen) atoms. The molecule has 1 aromatic rings. The molecule has 1 atom stereocenters. The van der Waals surface area contributed by atoms with Crippen LogP contribution in [0.15, 0.2) is 0 Å². The summed E-state index contributed by atoms with van der Waals surface area (Å²) in [5.41, 5.74) is 4.01. The van der Waals surface area contributed by atoms with E-state index in [4.69, 9.17) is 14.2 Å². The minimum absolute atomic E-state index is 0.236. The number of rotatable bonds is 3. The Morgan fingerprint density at radius 2 is 1.86 bits per heavy atom. The molecule has 0 amide bonds. The predicted molar refractivity (Wildman–Crippen MR) is 81.2 cm³/mol. The fourth-order valence-corrected chi connectivity index (χ4v) is 3.09. The first-order valence-corrected chi connectivity index (χ1v) is 7.25. The Kier molecular flexibility index (Phi) is 4.17. The molecule has 0 radical (unpaired) electrons. The number of esters is 1. The molecule has 0 aliphatic carbocycles. The first kappa shape index (κ1) is 15.7. The highest BCUT2D eigenvalue weighted by atomic mass is 16.5. The fraction of sp³-hybridized carbons (Fsp3) is 0.588. The van der Waals surface area contributed by atoms with Gasteiger partial charge < -0.3 is 14.2 Å². The molecule has 0 spiro atoms. The van der Waals surface area contributed by atoms with E-state index >= 15 is 0 Å². The maximum atomic E-state index is 11.6. The zero-order valence-electron chi connectivity index (χ0n) is 13.8. The van der Waals surface area contributed by atoms with Gasteiger partial charge in [0.05, 0.1) is 20.6 Å². The second-order valence-corrected chi connectivity index (χ2v) is 6.02. The third-order valence-corrected chi connectivity index (χ3v) is 4.51. The number of ether oxygens (including phenoxy) is 3. The Morgan fingerprint density at radius 3 is 2.43 bits per heavy atom. The summed E-state index contributed by atoms with van der Waals surface area (Å²) < 4.78 is 16.5. The average Bonchev–Trinajstić information content (AvgIpc) is 2.45. The molecular formula is C17H24O4. The molecule has 1 aromatic carbocycles. The number of hydrogen-bond acceptors (Lipinski definition) is 4. The summed E-state index contributed by atoms with van der Waals surface area (Å²) >= 11 is 0. The molecule has 0 saturated carbocycles. The van der Waals surface area contributed by atoms with Crippen LogP contribution in [0.2, 0.25) is 0 Å². The van der Waals surface area contributed by atoms with Gasteiger partial charge in [-0.15, -0.1) is 0 Å². The third kappa shape index (κ3) is 2.71. The monoisotopic (exact) mass is 292 g/mol. The van der Waals surface area contributed by atoms with Crippen molar-refractivity contribution in [3.05, 3.63) is 22.3 Å². The van der Waals surface area contributed by atoms with Crippen molar-refractivity contribution < 1.29 is 19.0 Å².